The highest BCUT2D eigenvalue weighted by Crippen LogP contribution is 2.22. The van der Waals surface area contributed by atoms with Crippen molar-refractivity contribution >= 4 is 0 Å². The fourth-order valence-corrected chi connectivity index (χ4v) is 3.85. The maximum atomic E-state index is 11.5. The van der Waals surface area contributed by atoms with E-state index in [-0.39, 0.29) is 13.2 Å². The van der Waals surface area contributed by atoms with Crippen LogP contribution >= 0.6 is 0 Å². The lowest BCUT2D eigenvalue weighted by molar-refractivity contribution is -0.177. The van der Waals surface area contributed by atoms with Crippen molar-refractivity contribution in [3.05, 3.63) is 120 Å². The van der Waals surface area contributed by atoms with Crippen molar-refractivity contribution in [1.82, 2.24) is 0 Å². The number of rotatable bonds is 16. The van der Waals surface area contributed by atoms with Crippen molar-refractivity contribution in [2.45, 2.75) is 57.1 Å². The zero-order chi connectivity index (χ0) is 24.7. The first-order valence-electron chi connectivity index (χ1n) is 12.1. The normalized spacial score (nSPS) is 14.7. The second kappa shape index (κ2) is 15.2. The van der Waals surface area contributed by atoms with E-state index in [1.54, 1.807) is 6.08 Å². The second-order valence-electron chi connectivity index (χ2n) is 8.47. The van der Waals surface area contributed by atoms with E-state index in [0.29, 0.717) is 26.1 Å². The highest BCUT2D eigenvalue weighted by atomic mass is 16.6. The molecule has 0 amide bonds. The number of aliphatic hydroxyl groups is 2. The summed E-state index contributed by atoms with van der Waals surface area (Å²) in [5.74, 6) is 0. The molecular weight excluding hydrogens is 440 g/mol. The van der Waals surface area contributed by atoms with E-state index in [1.807, 2.05) is 91.0 Å². The maximum absolute atomic E-state index is 11.5. The number of hydrogen-bond acceptors (Lipinski definition) is 5. The molecule has 0 aliphatic rings. The third-order valence-electron chi connectivity index (χ3n) is 5.82. The van der Waals surface area contributed by atoms with Crippen LogP contribution in [-0.2, 0) is 34.0 Å². The van der Waals surface area contributed by atoms with E-state index in [4.69, 9.17) is 14.2 Å². The van der Waals surface area contributed by atoms with Crippen LogP contribution in [0.2, 0.25) is 0 Å². The molecule has 4 atom stereocenters. The Morgan fingerprint density at radius 1 is 0.657 bits per heavy atom. The molecule has 0 aromatic heterocycles. The molecule has 0 heterocycles. The van der Waals surface area contributed by atoms with Gasteiger partial charge in [-0.3, -0.25) is 0 Å². The van der Waals surface area contributed by atoms with Crippen LogP contribution in [0, 0.1) is 0 Å². The predicted molar refractivity (Wildman–Crippen MR) is 138 cm³/mol. The summed E-state index contributed by atoms with van der Waals surface area (Å²) < 4.78 is 18.4. The number of aliphatic hydroxyl groups excluding tert-OH is 2. The van der Waals surface area contributed by atoms with Crippen molar-refractivity contribution in [1.29, 1.82) is 0 Å². The molecule has 3 rings (SSSR count). The van der Waals surface area contributed by atoms with Gasteiger partial charge in [-0.2, -0.15) is 0 Å². The number of hydrogen-bond donors (Lipinski definition) is 2. The van der Waals surface area contributed by atoms with E-state index in [9.17, 15) is 10.2 Å². The maximum Gasteiger partial charge on any atom is 0.115 e. The summed E-state index contributed by atoms with van der Waals surface area (Å²) in [6.45, 7) is 4.45. The van der Waals surface area contributed by atoms with Crippen LogP contribution in [-0.4, -0.2) is 41.2 Å². The number of allylic oxidation sites excluding steroid dienone is 1. The van der Waals surface area contributed by atoms with Crippen molar-refractivity contribution in [2.24, 2.45) is 0 Å². The standard InChI is InChI=1S/C30H36O5/c1-2-3-19-27(33-21-24-13-7-4-8-14-24)29(32)30(35-23-26-17-11-6-12-18-26)28(20-31)34-22-25-15-9-5-10-16-25/h2,4-18,27-32H,1,3,19-23H2/t27-,28-,29+,30+/m0/s1. The topological polar surface area (TPSA) is 68.2 Å². The van der Waals surface area contributed by atoms with Gasteiger partial charge in [-0.15, -0.1) is 6.58 Å². The lowest BCUT2D eigenvalue weighted by atomic mass is 9.99. The van der Waals surface area contributed by atoms with Gasteiger partial charge in [-0.05, 0) is 29.5 Å². The van der Waals surface area contributed by atoms with Gasteiger partial charge in [0.2, 0.25) is 0 Å². The Labute approximate surface area is 208 Å². The van der Waals surface area contributed by atoms with Crippen molar-refractivity contribution in [2.75, 3.05) is 6.61 Å². The molecule has 0 radical (unpaired) electrons. The van der Waals surface area contributed by atoms with Gasteiger partial charge in [0.15, 0.2) is 0 Å². The average Bonchev–Trinajstić information content (AvgIpc) is 2.92. The molecule has 0 aliphatic heterocycles. The number of ether oxygens (including phenoxy) is 3. The Morgan fingerprint density at radius 3 is 1.51 bits per heavy atom. The Morgan fingerprint density at radius 2 is 1.09 bits per heavy atom. The molecule has 35 heavy (non-hydrogen) atoms. The molecule has 0 saturated heterocycles. The van der Waals surface area contributed by atoms with Crippen LogP contribution in [0.15, 0.2) is 104 Å². The fraction of sp³-hybridized carbons (Fsp3) is 0.333. The van der Waals surface area contributed by atoms with E-state index in [0.717, 1.165) is 16.7 Å². The summed E-state index contributed by atoms with van der Waals surface area (Å²) in [5, 5.41) is 21.7. The molecule has 2 N–H and O–H groups in total. The quantitative estimate of drug-likeness (QED) is 0.283. The molecule has 3 aromatic rings. The lowest BCUT2D eigenvalue weighted by Crippen LogP contribution is -2.49. The third-order valence-corrected chi connectivity index (χ3v) is 5.82. The van der Waals surface area contributed by atoms with E-state index >= 15 is 0 Å². The van der Waals surface area contributed by atoms with E-state index in [2.05, 4.69) is 6.58 Å². The second-order valence-corrected chi connectivity index (χ2v) is 8.47. The molecule has 0 spiro atoms. The van der Waals surface area contributed by atoms with Gasteiger partial charge in [0.25, 0.3) is 0 Å². The summed E-state index contributed by atoms with van der Waals surface area (Å²) in [7, 11) is 0. The van der Waals surface area contributed by atoms with Crippen LogP contribution in [0.3, 0.4) is 0 Å². The number of benzene rings is 3. The first-order valence-corrected chi connectivity index (χ1v) is 12.1. The van der Waals surface area contributed by atoms with Gasteiger partial charge in [-0.25, -0.2) is 0 Å². The van der Waals surface area contributed by atoms with Gasteiger partial charge in [0, 0.05) is 0 Å². The van der Waals surface area contributed by atoms with Crippen LogP contribution in [0.25, 0.3) is 0 Å². The summed E-state index contributed by atoms with van der Waals surface area (Å²) >= 11 is 0. The largest absolute Gasteiger partial charge is 0.394 e. The molecule has 5 nitrogen and oxygen atoms in total. The summed E-state index contributed by atoms with van der Waals surface area (Å²) in [4.78, 5) is 0. The van der Waals surface area contributed by atoms with Gasteiger partial charge < -0.3 is 24.4 Å². The van der Waals surface area contributed by atoms with Crippen molar-refractivity contribution < 1.29 is 24.4 Å². The van der Waals surface area contributed by atoms with Crippen molar-refractivity contribution in [3.63, 3.8) is 0 Å². The summed E-state index contributed by atoms with van der Waals surface area (Å²) in [6.07, 6.45) is -0.0228. The zero-order valence-electron chi connectivity index (χ0n) is 20.1. The molecule has 0 aliphatic carbocycles. The SMILES string of the molecule is C=CCC[C@H](OCc1ccccc1)[C@@H](O)[C@H](OCc1ccccc1)[C@H](CO)OCc1ccccc1. The Hall–Kier alpha value is -2.80. The minimum Gasteiger partial charge on any atom is -0.394 e. The molecule has 186 valence electrons. The monoisotopic (exact) mass is 476 g/mol. The fourth-order valence-electron chi connectivity index (χ4n) is 3.85. The van der Waals surface area contributed by atoms with Crippen LogP contribution in [0.4, 0.5) is 0 Å². The molecule has 3 aromatic carbocycles. The van der Waals surface area contributed by atoms with Gasteiger partial charge in [0.05, 0.1) is 32.5 Å². The molecule has 0 fully saturated rings. The molecule has 0 unspecified atom stereocenters. The van der Waals surface area contributed by atoms with Gasteiger partial charge >= 0.3 is 0 Å². The highest BCUT2D eigenvalue weighted by Gasteiger charge is 2.35. The minimum atomic E-state index is -1.02. The first-order chi connectivity index (χ1) is 17.2. The first kappa shape index (κ1) is 26.8. The molecule has 5 heteroatoms. The Bertz CT molecular complexity index is 948. The smallest absolute Gasteiger partial charge is 0.115 e. The van der Waals surface area contributed by atoms with Crippen molar-refractivity contribution in [3.8, 4) is 0 Å². The van der Waals surface area contributed by atoms with Crippen LogP contribution in [0.1, 0.15) is 29.5 Å². The highest BCUT2D eigenvalue weighted by molar-refractivity contribution is 5.15. The third kappa shape index (κ3) is 9.06. The van der Waals surface area contributed by atoms with E-state index in [1.165, 1.54) is 0 Å². The van der Waals surface area contributed by atoms with Crippen LogP contribution in [0.5, 0.6) is 0 Å². The lowest BCUT2D eigenvalue weighted by Gasteiger charge is -2.34. The minimum absolute atomic E-state index is 0.278. The predicted octanol–water partition coefficient (Wildman–Crippen LogP) is 5.06. The Balaban J connectivity index is 1.75. The van der Waals surface area contributed by atoms with Gasteiger partial charge in [-0.1, -0.05) is 97.1 Å². The van der Waals surface area contributed by atoms with E-state index < -0.39 is 24.4 Å². The van der Waals surface area contributed by atoms with Gasteiger partial charge in [0.1, 0.15) is 18.3 Å². The average molecular weight is 477 g/mol. The van der Waals surface area contributed by atoms with Crippen LogP contribution < -0.4 is 0 Å². The summed E-state index contributed by atoms with van der Waals surface area (Å²) in [5.41, 5.74) is 2.96. The zero-order valence-corrected chi connectivity index (χ0v) is 20.1. The summed E-state index contributed by atoms with van der Waals surface area (Å²) in [6, 6.07) is 29.3. The molecule has 0 bridgehead atoms. The molecular formula is C30H36O5. The Kier molecular flexibility index (Phi) is 11.7. The molecule has 0 saturated carbocycles.